The molecule has 142 valence electrons. The van der Waals surface area contributed by atoms with E-state index in [2.05, 4.69) is 10.3 Å². The van der Waals surface area contributed by atoms with E-state index >= 15 is 0 Å². The van der Waals surface area contributed by atoms with Gasteiger partial charge in [0.15, 0.2) is 0 Å². The lowest BCUT2D eigenvalue weighted by Gasteiger charge is -2.19. The minimum absolute atomic E-state index is 0.130. The molecule has 2 aromatic heterocycles. The van der Waals surface area contributed by atoms with E-state index in [0.29, 0.717) is 5.58 Å². The summed E-state index contributed by atoms with van der Waals surface area (Å²) in [5.41, 5.74) is 0.953. The zero-order valence-corrected chi connectivity index (χ0v) is 14.6. The van der Waals surface area contributed by atoms with Gasteiger partial charge >= 0.3 is 5.63 Å². The van der Waals surface area contributed by atoms with Crippen LogP contribution in [0.4, 0.5) is 8.78 Å². The predicted molar refractivity (Wildman–Crippen MR) is 96.4 cm³/mol. The van der Waals surface area contributed by atoms with Crippen molar-refractivity contribution < 1.29 is 17.9 Å². The summed E-state index contributed by atoms with van der Waals surface area (Å²) in [5.74, 6) is -1.36. The molecule has 0 saturated heterocycles. The van der Waals surface area contributed by atoms with Crippen LogP contribution < -0.4 is 5.63 Å². The molecule has 4 rings (SSSR count). The molecule has 0 aliphatic rings. The van der Waals surface area contributed by atoms with Gasteiger partial charge in [0.05, 0.1) is 19.3 Å². The Labute approximate surface area is 158 Å². The van der Waals surface area contributed by atoms with Crippen molar-refractivity contribution in [3.8, 4) is 0 Å². The first-order valence-electron chi connectivity index (χ1n) is 8.52. The van der Waals surface area contributed by atoms with Crippen molar-refractivity contribution in [1.29, 1.82) is 0 Å². The van der Waals surface area contributed by atoms with Gasteiger partial charge in [0, 0.05) is 29.3 Å². The molecule has 0 N–H and O–H groups in total. The van der Waals surface area contributed by atoms with Gasteiger partial charge in [-0.15, -0.1) is 5.10 Å². The van der Waals surface area contributed by atoms with Crippen LogP contribution in [0.3, 0.4) is 0 Å². The van der Waals surface area contributed by atoms with Gasteiger partial charge in [0.25, 0.3) is 0 Å². The van der Waals surface area contributed by atoms with Crippen LogP contribution in [0.1, 0.15) is 17.2 Å². The van der Waals surface area contributed by atoms with Gasteiger partial charge in [0.1, 0.15) is 23.3 Å². The summed E-state index contributed by atoms with van der Waals surface area (Å²) >= 11 is 0. The van der Waals surface area contributed by atoms with E-state index in [9.17, 15) is 13.6 Å². The highest BCUT2D eigenvalue weighted by molar-refractivity contribution is 5.76. The lowest BCUT2D eigenvalue weighted by Crippen LogP contribution is -2.15. The van der Waals surface area contributed by atoms with E-state index < -0.39 is 23.4 Å². The maximum absolute atomic E-state index is 14.3. The lowest BCUT2D eigenvalue weighted by molar-refractivity contribution is 0.0231. The Kier molecular flexibility index (Phi) is 4.94. The molecule has 28 heavy (non-hydrogen) atoms. The number of benzene rings is 2. The number of hydrogen-bond acceptors (Lipinski definition) is 5. The molecule has 4 aromatic rings. The Morgan fingerprint density at radius 3 is 2.75 bits per heavy atom. The standard InChI is InChI=1S/C20H15F2N3O3/c21-15-4-5-16(17(22)10-15)19(11-25-8-7-23-24-25)27-12-13-1-2-14-3-6-20(26)28-18(14)9-13/h1-10,19H,11-12H2. The Balaban J connectivity index is 1.59. The fraction of sp³-hybridized carbons (Fsp3) is 0.150. The highest BCUT2D eigenvalue weighted by atomic mass is 19.1. The second kappa shape index (κ2) is 7.69. The molecule has 1 atom stereocenters. The molecule has 0 aliphatic carbocycles. The molecule has 2 aromatic carbocycles. The number of ether oxygens (including phenoxy) is 1. The Hall–Kier alpha value is -3.39. The normalized spacial score (nSPS) is 12.4. The van der Waals surface area contributed by atoms with Crippen molar-refractivity contribution in [2.45, 2.75) is 19.3 Å². The largest absolute Gasteiger partial charge is 0.423 e. The van der Waals surface area contributed by atoms with Crippen LogP contribution in [0.15, 0.2) is 70.1 Å². The zero-order chi connectivity index (χ0) is 19.5. The van der Waals surface area contributed by atoms with Crippen molar-refractivity contribution in [1.82, 2.24) is 15.0 Å². The minimum atomic E-state index is -0.722. The molecule has 2 heterocycles. The number of nitrogens with zero attached hydrogens (tertiary/aromatic N) is 3. The third kappa shape index (κ3) is 3.96. The van der Waals surface area contributed by atoms with Crippen molar-refractivity contribution in [2.75, 3.05) is 0 Å². The third-order valence-electron chi connectivity index (χ3n) is 4.27. The van der Waals surface area contributed by atoms with Gasteiger partial charge in [-0.1, -0.05) is 23.4 Å². The molecule has 0 spiro atoms. The average molecular weight is 383 g/mol. The second-order valence-electron chi connectivity index (χ2n) is 6.22. The molecule has 0 amide bonds. The van der Waals surface area contributed by atoms with Gasteiger partial charge in [-0.3, -0.25) is 0 Å². The van der Waals surface area contributed by atoms with Gasteiger partial charge < -0.3 is 9.15 Å². The highest BCUT2D eigenvalue weighted by Gasteiger charge is 2.19. The van der Waals surface area contributed by atoms with Crippen molar-refractivity contribution in [3.05, 3.63) is 94.1 Å². The third-order valence-corrected chi connectivity index (χ3v) is 4.27. The monoisotopic (exact) mass is 383 g/mol. The van der Waals surface area contributed by atoms with Gasteiger partial charge in [-0.05, 0) is 23.8 Å². The van der Waals surface area contributed by atoms with Gasteiger partial charge in [0.2, 0.25) is 0 Å². The molecule has 0 saturated carbocycles. The first-order valence-corrected chi connectivity index (χ1v) is 8.52. The summed E-state index contributed by atoms with van der Waals surface area (Å²) in [6.07, 6.45) is 2.41. The number of fused-ring (bicyclic) bond motifs is 1. The van der Waals surface area contributed by atoms with E-state index in [1.807, 2.05) is 12.1 Å². The van der Waals surface area contributed by atoms with Gasteiger partial charge in [-0.2, -0.15) is 0 Å². The number of rotatable bonds is 6. The molecule has 0 fully saturated rings. The maximum atomic E-state index is 14.3. The second-order valence-corrected chi connectivity index (χ2v) is 6.22. The highest BCUT2D eigenvalue weighted by Crippen LogP contribution is 2.25. The summed E-state index contributed by atoms with van der Waals surface area (Å²) < 4.78 is 40.2. The molecular weight excluding hydrogens is 368 g/mol. The zero-order valence-electron chi connectivity index (χ0n) is 14.6. The van der Waals surface area contributed by atoms with Crippen molar-refractivity contribution >= 4 is 11.0 Å². The Bertz CT molecular complexity index is 1160. The van der Waals surface area contributed by atoms with Gasteiger partial charge in [-0.25, -0.2) is 18.3 Å². The molecule has 1 unspecified atom stereocenters. The summed E-state index contributed by atoms with van der Waals surface area (Å²) in [6.45, 7) is 0.329. The maximum Gasteiger partial charge on any atom is 0.336 e. The molecule has 8 heteroatoms. The molecule has 0 bridgehead atoms. The fourth-order valence-corrected chi connectivity index (χ4v) is 2.90. The van der Waals surface area contributed by atoms with E-state index in [-0.39, 0.29) is 18.7 Å². The topological polar surface area (TPSA) is 70.2 Å². The molecule has 0 radical (unpaired) electrons. The summed E-state index contributed by atoms with van der Waals surface area (Å²) in [7, 11) is 0. The number of halogens is 2. The quantitative estimate of drug-likeness (QED) is 0.476. The molecular formula is C20H15F2N3O3. The Morgan fingerprint density at radius 1 is 1.11 bits per heavy atom. The van der Waals surface area contributed by atoms with Crippen molar-refractivity contribution in [3.63, 3.8) is 0 Å². The summed E-state index contributed by atoms with van der Waals surface area (Å²) in [6, 6.07) is 11.7. The smallest absolute Gasteiger partial charge is 0.336 e. The van der Waals surface area contributed by atoms with Crippen molar-refractivity contribution in [2.24, 2.45) is 0 Å². The van der Waals surface area contributed by atoms with Crippen LogP contribution in [-0.4, -0.2) is 15.0 Å². The van der Waals surface area contributed by atoms with E-state index in [1.165, 1.54) is 29.1 Å². The van der Waals surface area contributed by atoms with E-state index in [0.717, 1.165) is 17.0 Å². The van der Waals surface area contributed by atoms with Crippen LogP contribution in [0.5, 0.6) is 0 Å². The SMILES string of the molecule is O=c1ccc2ccc(COC(Cn3ccnn3)c3ccc(F)cc3F)cc2o1. The molecule has 0 aliphatic heterocycles. The van der Waals surface area contributed by atoms with E-state index in [1.54, 1.807) is 18.3 Å². The van der Waals surface area contributed by atoms with Crippen LogP contribution in [-0.2, 0) is 17.9 Å². The first kappa shape index (κ1) is 18.0. The molecule has 6 nitrogen and oxygen atoms in total. The van der Waals surface area contributed by atoms with Crippen LogP contribution in [0.2, 0.25) is 0 Å². The van der Waals surface area contributed by atoms with Crippen LogP contribution in [0.25, 0.3) is 11.0 Å². The van der Waals surface area contributed by atoms with E-state index in [4.69, 9.17) is 9.15 Å². The van der Waals surface area contributed by atoms with Crippen LogP contribution in [0, 0.1) is 11.6 Å². The summed E-state index contributed by atoms with van der Waals surface area (Å²) in [4.78, 5) is 11.4. The number of aromatic nitrogens is 3. The summed E-state index contributed by atoms with van der Waals surface area (Å²) in [5, 5.41) is 8.39. The lowest BCUT2D eigenvalue weighted by atomic mass is 10.1. The minimum Gasteiger partial charge on any atom is -0.423 e. The average Bonchev–Trinajstić information content (AvgIpc) is 3.18. The predicted octanol–water partition coefficient (Wildman–Crippen LogP) is 3.62. The first-order chi connectivity index (χ1) is 13.6. The Morgan fingerprint density at radius 2 is 1.96 bits per heavy atom. The number of hydrogen-bond donors (Lipinski definition) is 0. The fourth-order valence-electron chi connectivity index (χ4n) is 2.90. The van der Waals surface area contributed by atoms with Crippen LogP contribution >= 0.6 is 0 Å².